The molecule has 1 aromatic carbocycles. The second-order valence-electron chi connectivity index (χ2n) is 8.83. The number of nitrogens with zero attached hydrogens (tertiary/aromatic N) is 3. The fourth-order valence-corrected chi connectivity index (χ4v) is 10.9. The number of benzene rings is 1. The van der Waals surface area contributed by atoms with Crippen molar-refractivity contribution in [1.82, 2.24) is 0 Å². The van der Waals surface area contributed by atoms with Crippen molar-refractivity contribution in [3.63, 3.8) is 0 Å². The Morgan fingerprint density at radius 3 is 1.45 bits per heavy atom. The van der Waals surface area contributed by atoms with Crippen molar-refractivity contribution >= 4 is 23.9 Å². The Labute approximate surface area is 195 Å². The van der Waals surface area contributed by atoms with Crippen molar-refractivity contribution in [2.75, 3.05) is 24.6 Å². The van der Waals surface area contributed by atoms with Crippen LogP contribution in [0, 0.1) is 25.1 Å². The maximum atomic E-state index is 13.4. The van der Waals surface area contributed by atoms with E-state index in [1.807, 2.05) is 0 Å². The minimum absolute atomic E-state index is 0.0802. The molecule has 10 nitrogen and oxygen atoms in total. The first-order chi connectivity index (χ1) is 15.6. The summed E-state index contributed by atoms with van der Waals surface area (Å²) in [7, 11) is 0. The number of nitro groups is 2. The standard InChI is InChI=1S/C22H38N3O7P/c1-5-9-13-33(14-10-6-2,15-11-7-3,16-12-8-4)32-25(31)21-18-19(23(27)28)17-20(22(21)26)24(29)30/h17-18H,5-16H2,1-4H3. The van der Waals surface area contributed by atoms with Crippen molar-refractivity contribution in [3.05, 3.63) is 37.3 Å². The van der Waals surface area contributed by atoms with Crippen molar-refractivity contribution in [2.24, 2.45) is 0 Å². The van der Waals surface area contributed by atoms with Crippen LogP contribution in [0.5, 0.6) is 5.75 Å². The molecule has 0 N–H and O–H groups in total. The predicted octanol–water partition coefficient (Wildman–Crippen LogP) is 6.59. The number of nitro benzene ring substituents is 2. The van der Waals surface area contributed by atoms with E-state index in [0.29, 0.717) is 6.07 Å². The Bertz CT molecular complexity index is 804. The first-order valence-electron chi connectivity index (χ1n) is 11.9. The Balaban J connectivity index is 3.67. The van der Waals surface area contributed by atoms with Gasteiger partial charge >= 0.3 is 195 Å². The molecule has 0 heterocycles. The third kappa shape index (κ3) is 7.32. The second-order valence-corrected chi connectivity index (χ2v) is 14.5. The average Bonchev–Trinajstić information content (AvgIpc) is 2.79. The van der Waals surface area contributed by atoms with Crippen LogP contribution in [0.1, 0.15) is 79.1 Å². The van der Waals surface area contributed by atoms with Gasteiger partial charge in [0, 0.05) is 0 Å². The number of hydrogen-bond donors (Lipinski definition) is 0. The van der Waals surface area contributed by atoms with Crippen LogP contribution >= 0.6 is 6.83 Å². The molecule has 0 fully saturated rings. The van der Waals surface area contributed by atoms with E-state index in [9.17, 15) is 30.2 Å². The maximum absolute atomic E-state index is 13.4. The van der Waals surface area contributed by atoms with Crippen molar-refractivity contribution in [3.8, 4) is 5.75 Å². The molecule has 1 aromatic rings. The van der Waals surface area contributed by atoms with E-state index in [4.69, 9.17) is 4.62 Å². The summed E-state index contributed by atoms with van der Waals surface area (Å²) in [5, 5.41) is 35.3. The van der Waals surface area contributed by atoms with Gasteiger partial charge < -0.3 is 0 Å². The molecule has 0 aliphatic rings. The minimum atomic E-state index is -3.16. The summed E-state index contributed by atoms with van der Waals surface area (Å²) in [6.45, 7) is 5.12. The van der Waals surface area contributed by atoms with Crippen molar-refractivity contribution < 1.29 is 24.5 Å². The second kappa shape index (κ2) is 12.8. The van der Waals surface area contributed by atoms with Gasteiger partial charge in [0.05, 0.1) is 0 Å². The first kappa shape index (κ1) is 28.7. The zero-order valence-electron chi connectivity index (χ0n) is 20.3. The topological polar surface area (TPSA) is 139 Å². The summed E-state index contributed by atoms with van der Waals surface area (Å²) >= 11 is 0. The molecule has 0 saturated carbocycles. The summed E-state index contributed by atoms with van der Waals surface area (Å²) in [6, 6.07) is 1.37. The molecular formula is C22H38N3O7P. The number of hydrogen-bond acceptors (Lipinski definition) is 7. The van der Waals surface area contributed by atoms with Crippen LogP contribution in [-0.2, 0) is 4.62 Å². The molecule has 0 aromatic heterocycles. The van der Waals surface area contributed by atoms with Crippen LogP contribution in [0.25, 0.3) is 0 Å². The zero-order chi connectivity index (χ0) is 25.1. The molecule has 0 amide bonds. The van der Waals surface area contributed by atoms with Gasteiger partial charge in [-0.3, -0.25) is 0 Å². The predicted molar refractivity (Wildman–Crippen MR) is 130 cm³/mol. The summed E-state index contributed by atoms with van der Waals surface area (Å²) < 4.78 is 6.33. The SMILES string of the molecule is CCCCP(CCCC)(CCCC)(CCCC)O[N+](=O)c1cc([N+](=O)[O-])cc([N+](=O)[O-])c1[O-]. The van der Waals surface area contributed by atoms with Crippen LogP contribution in [0.3, 0.4) is 0 Å². The van der Waals surface area contributed by atoms with E-state index in [2.05, 4.69) is 27.7 Å². The van der Waals surface area contributed by atoms with Crippen LogP contribution in [0.15, 0.2) is 12.1 Å². The van der Waals surface area contributed by atoms with Gasteiger partial charge in [0.1, 0.15) is 0 Å². The molecule has 1 rings (SSSR count). The molecule has 0 saturated heterocycles. The average molecular weight is 488 g/mol. The van der Waals surface area contributed by atoms with Gasteiger partial charge in [0.25, 0.3) is 0 Å². The quantitative estimate of drug-likeness (QED) is 0.137. The third-order valence-electron chi connectivity index (χ3n) is 6.25. The molecule has 0 radical (unpaired) electrons. The molecule has 0 aliphatic heterocycles. The summed E-state index contributed by atoms with van der Waals surface area (Å²) in [5.74, 6) is -1.17. The first-order valence-corrected chi connectivity index (χ1v) is 14.8. The number of unbranched alkanes of at least 4 members (excludes halogenated alkanes) is 4. The van der Waals surface area contributed by atoms with E-state index in [0.717, 1.165) is 82.1 Å². The molecule has 0 atom stereocenters. The van der Waals surface area contributed by atoms with Gasteiger partial charge in [-0.25, -0.2) is 0 Å². The normalized spacial score (nSPS) is 12.7. The number of non-ortho nitro benzene ring substituents is 1. The van der Waals surface area contributed by atoms with Crippen LogP contribution in [-0.4, -0.2) is 39.4 Å². The fourth-order valence-electron chi connectivity index (χ4n) is 4.28. The van der Waals surface area contributed by atoms with Gasteiger partial charge in [0.2, 0.25) is 0 Å². The Hall–Kier alpha value is -2.35. The summed E-state index contributed by atoms with van der Waals surface area (Å²) in [6.07, 6.45) is 10.0. The van der Waals surface area contributed by atoms with Crippen LogP contribution in [0.4, 0.5) is 17.1 Å². The molecule has 0 unspecified atom stereocenters. The molecular weight excluding hydrogens is 449 g/mol. The third-order valence-corrected chi connectivity index (χ3v) is 12.7. The molecule has 0 aliphatic carbocycles. The Kier molecular flexibility index (Phi) is 11.1. The van der Waals surface area contributed by atoms with Gasteiger partial charge in [-0.15, -0.1) is 0 Å². The van der Waals surface area contributed by atoms with E-state index in [-0.39, 0.29) is 4.92 Å². The van der Waals surface area contributed by atoms with Gasteiger partial charge in [-0.1, -0.05) is 0 Å². The van der Waals surface area contributed by atoms with Gasteiger partial charge in [-0.2, -0.15) is 0 Å². The molecule has 0 spiro atoms. The van der Waals surface area contributed by atoms with Crippen LogP contribution in [0.2, 0.25) is 0 Å². The van der Waals surface area contributed by atoms with Crippen LogP contribution < -0.4 is 5.11 Å². The van der Waals surface area contributed by atoms with Crippen molar-refractivity contribution in [1.29, 1.82) is 0 Å². The zero-order valence-corrected chi connectivity index (χ0v) is 21.2. The van der Waals surface area contributed by atoms with E-state index < -0.39 is 39.5 Å². The van der Waals surface area contributed by atoms with Crippen molar-refractivity contribution in [2.45, 2.75) is 79.1 Å². The van der Waals surface area contributed by atoms with E-state index >= 15 is 0 Å². The fraction of sp³-hybridized carbons (Fsp3) is 0.727. The number of rotatable bonds is 17. The van der Waals surface area contributed by atoms with E-state index in [1.54, 1.807) is 0 Å². The summed E-state index contributed by atoms with van der Waals surface area (Å²) in [4.78, 5) is 34.2. The van der Waals surface area contributed by atoms with E-state index in [1.165, 1.54) is 0 Å². The molecule has 0 bridgehead atoms. The molecule has 188 valence electrons. The molecule has 33 heavy (non-hydrogen) atoms. The molecule has 11 heteroatoms. The van der Waals surface area contributed by atoms with Gasteiger partial charge in [0.15, 0.2) is 0 Å². The Morgan fingerprint density at radius 1 is 0.727 bits per heavy atom. The van der Waals surface area contributed by atoms with Gasteiger partial charge in [-0.05, 0) is 0 Å². The Morgan fingerprint density at radius 2 is 1.12 bits per heavy atom. The summed E-state index contributed by atoms with van der Waals surface area (Å²) in [5.41, 5.74) is -2.40. The monoisotopic (exact) mass is 487 g/mol.